The number of nitrogens with one attached hydrogen (secondary N) is 1. The Labute approximate surface area is 79.9 Å². The molecule has 0 fully saturated rings. The highest BCUT2D eigenvalue weighted by Gasteiger charge is 2.00. The molecule has 4 nitrogen and oxygen atoms in total. The molecule has 0 aromatic carbocycles. The third kappa shape index (κ3) is 7.74. The van der Waals surface area contributed by atoms with Gasteiger partial charge in [-0.15, -0.1) is 0 Å². The lowest BCUT2D eigenvalue weighted by Gasteiger charge is -2.13. The number of hydrogen-bond donors (Lipinski definition) is 2. The van der Waals surface area contributed by atoms with Crippen molar-refractivity contribution in [3.63, 3.8) is 0 Å². The number of nitrogens with zero attached hydrogens (tertiary/aromatic N) is 1. The monoisotopic (exact) mass is 188 g/mol. The van der Waals surface area contributed by atoms with Crippen LogP contribution < -0.4 is 5.32 Å². The van der Waals surface area contributed by atoms with E-state index in [1.54, 1.807) is 0 Å². The van der Waals surface area contributed by atoms with Crippen LogP contribution in [0.3, 0.4) is 0 Å². The third-order valence-electron chi connectivity index (χ3n) is 1.92. The molecule has 0 aromatic rings. The maximum Gasteiger partial charge on any atom is 0.220 e. The molecular weight excluding hydrogens is 168 g/mol. The van der Waals surface area contributed by atoms with E-state index >= 15 is 0 Å². The summed E-state index contributed by atoms with van der Waals surface area (Å²) in [6, 6.07) is 0. The molecule has 0 rings (SSSR count). The van der Waals surface area contributed by atoms with Crippen LogP contribution in [0.1, 0.15) is 19.8 Å². The first-order valence-corrected chi connectivity index (χ1v) is 4.76. The first kappa shape index (κ1) is 12.4. The summed E-state index contributed by atoms with van der Waals surface area (Å²) in [5.74, 6) is 0.0264. The van der Waals surface area contributed by atoms with E-state index in [0.29, 0.717) is 19.4 Å². The summed E-state index contributed by atoms with van der Waals surface area (Å²) >= 11 is 0. The van der Waals surface area contributed by atoms with Gasteiger partial charge in [0, 0.05) is 26.1 Å². The Morgan fingerprint density at radius 2 is 2.23 bits per heavy atom. The van der Waals surface area contributed by atoms with Crippen LogP contribution in [0, 0.1) is 0 Å². The van der Waals surface area contributed by atoms with Gasteiger partial charge in [0.25, 0.3) is 0 Å². The van der Waals surface area contributed by atoms with E-state index in [-0.39, 0.29) is 12.5 Å². The predicted molar refractivity (Wildman–Crippen MR) is 52.5 cm³/mol. The Balaban J connectivity index is 3.26. The Kier molecular flexibility index (Phi) is 7.63. The average Bonchev–Trinajstić information content (AvgIpc) is 2.14. The van der Waals surface area contributed by atoms with Crippen LogP contribution in [-0.2, 0) is 4.79 Å². The molecule has 0 bridgehead atoms. The smallest absolute Gasteiger partial charge is 0.220 e. The summed E-state index contributed by atoms with van der Waals surface area (Å²) in [7, 11) is 2.01. The maximum absolute atomic E-state index is 11.0. The third-order valence-corrected chi connectivity index (χ3v) is 1.92. The fraction of sp³-hybridized carbons (Fsp3) is 0.889. The summed E-state index contributed by atoms with van der Waals surface area (Å²) in [4.78, 5) is 13.2. The Morgan fingerprint density at radius 3 is 2.77 bits per heavy atom. The number of amides is 1. The second-order valence-corrected chi connectivity index (χ2v) is 3.07. The second kappa shape index (κ2) is 8.01. The summed E-state index contributed by atoms with van der Waals surface area (Å²) in [5, 5.41) is 11.3. The molecule has 2 N–H and O–H groups in total. The van der Waals surface area contributed by atoms with Gasteiger partial charge in [-0.05, 0) is 20.0 Å². The number of carbonyl (C=O) groups is 1. The topological polar surface area (TPSA) is 52.6 Å². The van der Waals surface area contributed by atoms with Crippen molar-refractivity contribution in [2.45, 2.75) is 19.8 Å². The molecule has 13 heavy (non-hydrogen) atoms. The maximum atomic E-state index is 11.0. The lowest BCUT2D eigenvalue weighted by Crippen LogP contribution is -2.32. The normalized spacial score (nSPS) is 10.5. The summed E-state index contributed by atoms with van der Waals surface area (Å²) in [5.41, 5.74) is 0. The fourth-order valence-electron chi connectivity index (χ4n) is 0.872. The van der Waals surface area contributed by atoms with Crippen molar-refractivity contribution < 1.29 is 9.90 Å². The highest BCUT2D eigenvalue weighted by molar-refractivity contribution is 5.75. The van der Waals surface area contributed by atoms with Crippen molar-refractivity contribution in [1.82, 2.24) is 10.2 Å². The van der Waals surface area contributed by atoms with E-state index in [1.807, 2.05) is 7.05 Å². The number of aliphatic hydroxyl groups is 1. The Bertz CT molecular complexity index is 140. The van der Waals surface area contributed by atoms with Crippen LogP contribution in [0.5, 0.6) is 0 Å². The number of carbonyl (C=O) groups excluding carboxylic acids is 1. The van der Waals surface area contributed by atoms with Crippen molar-refractivity contribution >= 4 is 5.91 Å². The zero-order chi connectivity index (χ0) is 10.1. The Hall–Kier alpha value is -0.610. The molecule has 0 heterocycles. The lowest BCUT2D eigenvalue weighted by molar-refractivity contribution is -0.121. The average molecular weight is 188 g/mol. The molecule has 0 saturated carbocycles. The van der Waals surface area contributed by atoms with Crippen molar-refractivity contribution in [2.75, 3.05) is 33.3 Å². The molecule has 0 saturated heterocycles. The van der Waals surface area contributed by atoms with Crippen LogP contribution in [0.15, 0.2) is 0 Å². The van der Waals surface area contributed by atoms with Crippen molar-refractivity contribution in [3.8, 4) is 0 Å². The quantitative estimate of drug-likeness (QED) is 0.583. The predicted octanol–water partition coefficient (Wildman–Crippen LogP) is -0.173. The van der Waals surface area contributed by atoms with E-state index in [4.69, 9.17) is 5.11 Å². The van der Waals surface area contributed by atoms with E-state index in [0.717, 1.165) is 13.1 Å². The molecule has 0 radical (unpaired) electrons. The highest BCUT2D eigenvalue weighted by Crippen LogP contribution is 1.86. The van der Waals surface area contributed by atoms with Gasteiger partial charge >= 0.3 is 0 Å². The molecule has 0 aliphatic heterocycles. The van der Waals surface area contributed by atoms with Gasteiger partial charge in [0.1, 0.15) is 0 Å². The minimum Gasteiger partial charge on any atom is -0.396 e. The molecule has 0 aliphatic carbocycles. The molecule has 0 spiro atoms. The number of likely N-dealkylation sites (N-methyl/N-ethyl adjacent to an activating group) is 1. The summed E-state index contributed by atoms with van der Waals surface area (Å²) in [6.45, 7) is 4.72. The van der Waals surface area contributed by atoms with Gasteiger partial charge in [0.05, 0.1) is 0 Å². The van der Waals surface area contributed by atoms with Gasteiger partial charge in [0.15, 0.2) is 0 Å². The first-order chi connectivity index (χ1) is 6.20. The van der Waals surface area contributed by atoms with Crippen molar-refractivity contribution in [1.29, 1.82) is 0 Å². The van der Waals surface area contributed by atoms with Crippen LogP contribution in [-0.4, -0.2) is 49.2 Å². The number of rotatable bonds is 7. The van der Waals surface area contributed by atoms with E-state index in [9.17, 15) is 4.79 Å². The second-order valence-electron chi connectivity index (χ2n) is 3.07. The molecule has 0 unspecified atom stereocenters. The molecule has 1 amide bonds. The van der Waals surface area contributed by atoms with Crippen LogP contribution in [0.2, 0.25) is 0 Å². The number of hydrogen-bond acceptors (Lipinski definition) is 3. The van der Waals surface area contributed by atoms with E-state index < -0.39 is 0 Å². The standard InChI is InChI=1S/C9H20N2O2/c1-3-11(2)7-6-10-9(13)5-4-8-12/h12H,3-8H2,1-2H3,(H,10,13). The van der Waals surface area contributed by atoms with E-state index in [2.05, 4.69) is 17.1 Å². The van der Waals surface area contributed by atoms with E-state index in [1.165, 1.54) is 0 Å². The van der Waals surface area contributed by atoms with Gasteiger partial charge in [0.2, 0.25) is 5.91 Å². The molecule has 4 heteroatoms. The van der Waals surface area contributed by atoms with Gasteiger partial charge < -0.3 is 15.3 Å². The lowest BCUT2D eigenvalue weighted by atomic mass is 10.3. The van der Waals surface area contributed by atoms with Crippen LogP contribution in [0.4, 0.5) is 0 Å². The molecule has 0 aromatic heterocycles. The van der Waals surface area contributed by atoms with Gasteiger partial charge in [-0.1, -0.05) is 6.92 Å². The zero-order valence-electron chi connectivity index (χ0n) is 8.55. The van der Waals surface area contributed by atoms with Crippen molar-refractivity contribution in [3.05, 3.63) is 0 Å². The molecule has 0 aliphatic rings. The highest BCUT2D eigenvalue weighted by atomic mass is 16.3. The minimum absolute atomic E-state index is 0.0264. The SMILES string of the molecule is CCN(C)CCNC(=O)CCCO. The number of aliphatic hydroxyl groups excluding tert-OH is 1. The van der Waals surface area contributed by atoms with Crippen LogP contribution >= 0.6 is 0 Å². The van der Waals surface area contributed by atoms with Crippen molar-refractivity contribution in [2.24, 2.45) is 0 Å². The molecule has 78 valence electrons. The van der Waals surface area contributed by atoms with Gasteiger partial charge in [-0.2, -0.15) is 0 Å². The Morgan fingerprint density at radius 1 is 1.54 bits per heavy atom. The van der Waals surface area contributed by atoms with Gasteiger partial charge in [-0.25, -0.2) is 0 Å². The minimum atomic E-state index is 0.0264. The molecular formula is C9H20N2O2. The molecule has 0 atom stereocenters. The summed E-state index contributed by atoms with van der Waals surface area (Å²) < 4.78 is 0. The van der Waals surface area contributed by atoms with Gasteiger partial charge in [-0.3, -0.25) is 4.79 Å². The first-order valence-electron chi connectivity index (χ1n) is 4.76. The van der Waals surface area contributed by atoms with Crippen LogP contribution in [0.25, 0.3) is 0 Å². The fourth-order valence-corrected chi connectivity index (χ4v) is 0.872. The zero-order valence-corrected chi connectivity index (χ0v) is 8.55. The summed E-state index contributed by atoms with van der Waals surface area (Å²) in [6.07, 6.45) is 0.974. The largest absolute Gasteiger partial charge is 0.396 e.